The molecule has 0 spiro atoms. The van der Waals surface area contributed by atoms with Crippen LogP contribution < -0.4 is 9.64 Å². The second kappa shape index (κ2) is 8.40. The van der Waals surface area contributed by atoms with Gasteiger partial charge in [0, 0.05) is 39.3 Å². The Labute approximate surface area is 155 Å². The smallest absolute Gasteiger partial charge is 0.253 e. The van der Waals surface area contributed by atoms with E-state index < -0.39 is 0 Å². The van der Waals surface area contributed by atoms with Crippen LogP contribution in [0.25, 0.3) is 0 Å². The molecule has 144 valence electrons. The van der Waals surface area contributed by atoms with Gasteiger partial charge in [0.15, 0.2) is 0 Å². The molecular weight excluding hydrogens is 334 g/mol. The lowest BCUT2D eigenvalue weighted by Gasteiger charge is -2.37. The number of aliphatic hydroxyl groups excluding tert-OH is 1. The van der Waals surface area contributed by atoms with Crippen molar-refractivity contribution in [1.29, 1.82) is 0 Å². The van der Waals surface area contributed by atoms with Crippen molar-refractivity contribution in [3.63, 3.8) is 0 Å². The molecule has 0 bridgehead atoms. The molecule has 0 saturated heterocycles. The van der Waals surface area contributed by atoms with Crippen LogP contribution in [0.2, 0.25) is 0 Å². The molecular formula is C19H29N3O4. The summed E-state index contributed by atoms with van der Waals surface area (Å²) in [5.74, 6) is 0.620. The minimum atomic E-state index is -0.125. The van der Waals surface area contributed by atoms with Crippen molar-refractivity contribution in [2.45, 2.75) is 32.4 Å². The monoisotopic (exact) mass is 363 g/mol. The zero-order valence-electron chi connectivity index (χ0n) is 16.2. The van der Waals surface area contributed by atoms with E-state index in [9.17, 15) is 14.7 Å². The van der Waals surface area contributed by atoms with Gasteiger partial charge in [-0.2, -0.15) is 0 Å². The van der Waals surface area contributed by atoms with Crippen LogP contribution in [0.5, 0.6) is 5.75 Å². The molecule has 0 aliphatic carbocycles. The van der Waals surface area contributed by atoms with Crippen LogP contribution in [0.1, 0.15) is 30.6 Å². The van der Waals surface area contributed by atoms with Crippen molar-refractivity contribution < 1.29 is 19.4 Å². The predicted octanol–water partition coefficient (Wildman–Crippen LogP) is 1.20. The van der Waals surface area contributed by atoms with Gasteiger partial charge in [-0.25, -0.2) is 0 Å². The van der Waals surface area contributed by atoms with Gasteiger partial charge in [0.25, 0.3) is 5.91 Å². The Hall–Kier alpha value is -2.28. The molecule has 0 fully saturated rings. The number of carbonyl (C=O) groups excluding carboxylic acids is 2. The molecule has 7 heteroatoms. The van der Waals surface area contributed by atoms with E-state index in [1.165, 1.54) is 4.90 Å². The number of hydrogen-bond acceptors (Lipinski definition) is 5. The number of ether oxygens (including phenoxy) is 1. The molecule has 2 amide bonds. The maximum absolute atomic E-state index is 12.6. The lowest BCUT2D eigenvalue weighted by Crippen LogP contribution is -2.47. The van der Waals surface area contributed by atoms with E-state index in [2.05, 4.69) is 0 Å². The first-order valence-corrected chi connectivity index (χ1v) is 8.88. The van der Waals surface area contributed by atoms with E-state index in [1.54, 1.807) is 31.1 Å². The van der Waals surface area contributed by atoms with Crippen molar-refractivity contribution in [2.75, 3.05) is 45.8 Å². The maximum atomic E-state index is 12.6. The Morgan fingerprint density at radius 3 is 2.62 bits per heavy atom. The van der Waals surface area contributed by atoms with E-state index in [4.69, 9.17) is 4.74 Å². The van der Waals surface area contributed by atoms with Gasteiger partial charge in [0.05, 0.1) is 24.8 Å². The molecule has 1 aromatic rings. The molecule has 1 unspecified atom stereocenters. The zero-order chi connectivity index (χ0) is 19.4. The molecule has 1 aliphatic rings. The van der Waals surface area contributed by atoms with E-state index >= 15 is 0 Å². The van der Waals surface area contributed by atoms with Gasteiger partial charge < -0.3 is 24.5 Å². The number of anilines is 1. The minimum Gasteiger partial charge on any atom is -0.489 e. The fourth-order valence-corrected chi connectivity index (χ4v) is 3.09. The van der Waals surface area contributed by atoms with Crippen molar-refractivity contribution in [3.8, 4) is 5.75 Å². The standard InChI is InChI=1S/C19H29N3O4/c1-13(2)22(8-9-23)18(24)11-15-12-26-17-7-6-14(19(25)20(3)4)10-16(17)21(15)5/h6-7,10,13,15,23H,8-9,11-12H2,1-5H3. The molecule has 1 aromatic carbocycles. The molecule has 26 heavy (non-hydrogen) atoms. The number of fused-ring (bicyclic) bond motifs is 1. The molecule has 7 nitrogen and oxygen atoms in total. The first-order chi connectivity index (χ1) is 12.3. The SMILES string of the molecule is CC(C)N(CCO)C(=O)CC1COc2ccc(C(=O)N(C)C)cc2N1C. The van der Waals surface area contributed by atoms with Crippen LogP contribution in [0.4, 0.5) is 5.69 Å². The molecule has 0 saturated carbocycles. The Kier molecular flexibility index (Phi) is 6.47. The summed E-state index contributed by atoms with van der Waals surface area (Å²) in [6, 6.07) is 5.26. The molecule has 1 heterocycles. The Balaban J connectivity index is 2.17. The largest absolute Gasteiger partial charge is 0.489 e. The van der Waals surface area contributed by atoms with E-state index in [0.29, 0.717) is 30.9 Å². The molecule has 1 N–H and O–H groups in total. The number of aliphatic hydroxyl groups is 1. The maximum Gasteiger partial charge on any atom is 0.253 e. The summed E-state index contributed by atoms with van der Waals surface area (Å²) >= 11 is 0. The van der Waals surface area contributed by atoms with Gasteiger partial charge in [-0.3, -0.25) is 9.59 Å². The topological polar surface area (TPSA) is 73.3 Å². The summed E-state index contributed by atoms with van der Waals surface area (Å²) in [5.41, 5.74) is 1.39. The van der Waals surface area contributed by atoms with E-state index in [-0.39, 0.29) is 30.5 Å². The first-order valence-electron chi connectivity index (χ1n) is 8.88. The lowest BCUT2D eigenvalue weighted by atomic mass is 10.1. The Morgan fingerprint density at radius 1 is 1.35 bits per heavy atom. The van der Waals surface area contributed by atoms with Gasteiger partial charge in [0.1, 0.15) is 12.4 Å². The van der Waals surface area contributed by atoms with Crippen LogP contribution in [0.15, 0.2) is 18.2 Å². The number of hydrogen-bond donors (Lipinski definition) is 1. The Morgan fingerprint density at radius 2 is 2.04 bits per heavy atom. The summed E-state index contributed by atoms with van der Waals surface area (Å²) in [6.45, 7) is 4.54. The number of carbonyl (C=O) groups is 2. The van der Waals surface area contributed by atoms with Crippen LogP contribution in [-0.4, -0.2) is 79.7 Å². The molecule has 2 rings (SSSR count). The van der Waals surface area contributed by atoms with Crippen molar-refractivity contribution in [3.05, 3.63) is 23.8 Å². The van der Waals surface area contributed by atoms with Crippen LogP contribution >= 0.6 is 0 Å². The van der Waals surface area contributed by atoms with E-state index in [0.717, 1.165) is 5.69 Å². The quantitative estimate of drug-likeness (QED) is 0.822. The first kappa shape index (κ1) is 20.0. The van der Waals surface area contributed by atoms with Gasteiger partial charge in [-0.05, 0) is 32.0 Å². The third-order valence-corrected chi connectivity index (χ3v) is 4.67. The fourth-order valence-electron chi connectivity index (χ4n) is 3.09. The summed E-state index contributed by atoms with van der Waals surface area (Å²) in [4.78, 5) is 30.1. The number of amides is 2. The fraction of sp³-hybridized carbons (Fsp3) is 0.579. The van der Waals surface area contributed by atoms with Gasteiger partial charge in [0.2, 0.25) is 5.91 Å². The summed E-state index contributed by atoms with van der Waals surface area (Å²) in [5, 5.41) is 9.18. The minimum absolute atomic E-state index is 0.0153. The van der Waals surface area contributed by atoms with Crippen molar-refractivity contribution >= 4 is 17.5 Å². The number of benzene rings is 1. The van der Waals surface area contributed by atoms with Crippen LogP contribution in [-0.2, 0) is 4.79 Å². The van der Waals surface area contributed by atoms with Crippen LogP contribution in [0.3, 0.4) is 0 Å². The average molecular weight is 363 g/mol. The zero-order valence-corrected chi connectivity index (χ0v) is 16.2. The molecule has 0 aromatic heterocycles. The highest BCUT2D eigenvalue weighted by molar-refractivity contribution is 5.95. The number of rotatable bonds is 6. The second-order valence-electron chi connectivity index (χ2n) is 7.07. The normalized spacial score (nSPS) is 16.1. The van der Waals surface area contributed by atoms with Gasteiger partial charge in [-0.15, -0.1) is 0 Å². The highest BCUT2D eigenvalue weighted by atomic mass is 16.5. The highest BCUT2D eigenvalue weighted by Gasteiger charge is 2.29. The Bertz CT molecular complexity index is 660. The molecule has 0 radical (unpaired) electrons. The highest BCUT2D eigenvalue weighted by Crippen LogP contribution is 2.35. The third kappa shape index (κ3) is 4.27. The summed E-state index contributed by atoms with van der Waals surface area (Å²) in [7, 11) is 5.34. The van der Waals surface area contributed by atoms with Crippen LogP contribution in [0, 0.1) is 0 Å². The molecule has 1 atom stereocenters. The predicted molar refractivity (Wildman–Crippen MR) is 101 cm³/mol. The summed E-state index contributed by atoms with van der Waals surface area (Å²) < 4.78 is 5.82. The average Bonchev–Trinajstić information content (AvgIpc) is 2.60. The molecule has 1 aliphatic heterocycles. The van der Waals surface area contributed by atoms with Gasteiger partial charge >= 0.3 is 0 Å². The third-order valence-electron chi connectivity index (χ3n) is 4.67. The lowest BCUT2D eigenvalue weighted by molar-refractivity contribution is -0.134. The van der Waals surface area contributed by atoms with Crippen molar-refractivity contribution in [1.82, 2.24) is 9.80 Å². The van der Waals surface area contributed by atoms with Crippen molar-refractivity contribution in [2.24, 2.45) is 0 Å². The van der Waals surface area contributed by atoms with Gasteiger partial charge in [-0.1, -0.05) is 0 Å². The number of likely N-dealkylation sites (N-methyl/N-ethyl adjacent to an activating group) is 1. The second-order valence-corrected chi connectivity index (χ2v) is 7.07. The number of nitrogens with zero attached hydrogens (tertiary/aromatic N) is 3. The summed E-state index contributed by atoms with van der Waals surface area (Å²) in [6.07, 6.45) is 0.292. The van der Waals surface area contributed by atoms with E-state index in [1.807, 2.05) is 31.9 Å².